The van der Waals surface area contributed by atoms with E-state index in [4.69, 9.17) is 9.84 Å². The molecular formula is C11H20F3NO3S. The predicted octanol–water partition coefficient (Wildman–Crippen LogP) is 1.38. The smallest absolute Gasteiger partial charge is 0.383 e. The molecule has 2 atom stereocenters. The topological polar surface area (TPSA) is 49.8 Å². The van der Waals surface area contributed by atoms with Gasteiger partial charge in [-0.1, -0.05) is 6.92 Å². The molecule has 0 bridgehead atoms. The first-order chi connectivity index (χ1) is 8.73. The van der Waals surface area contributed by atoms with Crippen LogP contribution in [0, 0.1) is 5.92 Å². The van der Waals surface area contributed by atoms with Gasteiger partial charge < -0.3 is 14.7 Å². The first kappa shape index (κ1) is 18.5. The average molecular weight is 303 g/mol. The van der Waals surface area contributed by atoms with Crippen molar-refractivity contribution in [2.75, 3.05) is 38.8 Å². The first-order valence-corrected chi connectivity index (χ1v) is 7.14. The molecule has 114 valence electrons. The van der Waals surface area contributed by atoms with Gasteiger partial charge in [0.1, 0.15) is 0 Å². The van der Waals surface area contributed by atoms with Crippen molar-refractivity contribution in [1.29, 1.82) is 0 Å². The van der Waals surface area contributed by atoms with Crippen molar-refractivity contribution in [2.24, 2.45) is 5.92 Å². The van der Waals surface area contributed by atoms with Gasteiger partial charge in [0.15, 0.2) is 6.10 Å². The van der Waals surface area contributed by atoms with Crippen molar-refractivity contribution in [3.8, 4) is 0 Å². The van der Waals surface area contributed by atoms with E-state index in [1.807, 2.05) is 6.26 Å². The predicted molar refractivity (Wildman–Crippen MR) is 68.1 cm³/mol. The van der Waals surface area contributed by atoms with Crippen LogP contribution in [-0.4, -0.2) is 67.0 Å². The van der Waals surface area contributed by atoms with Crippen LogP contribution in [0.5, 0.6) is 0 Å². The van der Waals surface area contributed by atoms with E-state index in [0.717, 1.165) is 4.90 Å². The van der Waals surface area contributed by atoms with E-state index in [0.29, 0.717) is 5.75 Å². The number of methoxy groups -OCH3 is 1. The van der Waals surface area contributed by atoms with Gasteiger partial charge in [-0.3, -0.25) is 4.79 Å². The summed E-state index contributed by atoms with van der Waals surface area (Å²) in [6.45, 7) is 1.05. The molecule has 0 saturated carbocycles. The number of hydrogen-bond donors (Lipinski definition) is 1. The quantitative estimate of drug-likeness (QED) is 0.736. The maximum atomic E-state index is 12.3. The van der Waals surface area contributed by atoms with Crippen LogP contribution in [0.1, 0.15) is 6.92 Å². The number of aliphatic hydroxyl groups excluding tert-OH is 1. The number of carbonyl (C=O) groups is 1. The van der Waals surface area contributed by atoms with Crippen molar-refractivity contribution in [3.05, 3.63) is 0 Å². The number of hydrogen-bond acceptors (Lipinski definition) is 4. The molecule has 0 aliphatic rings. The number of halogens is 3. The van der Waals surface area contributed by atoms with Gasteiger partial charge in [0.2, 0.25) is 5.91 Å². The van der Waals surface area contributed by atoms with E-state index in [1.54, 1.807) is 6.92 Å². The summed E-state index contributed by atoms with van der Waals surface area (Å²) in [5, 5.41) is 9.05. The lowest BCUT2D eigenvalue weighted by Gasteiger charge is -2.28. The van der Waals surface area contributed by atoms with Crippen molar-refractivity contribution >= 4 is 17.7 Å². The fourth-order valence-electron chi connectivity index (χ4n) is 1.44. The molecule has 0 heterocycles. The third-order valence-electron chi connectivity index (χ3n) is 2.49. The Morgan fingerprint density at radius 2 is 2.05 bits per heavy atom. The molecule has 0 rings (SSSR count). The third-order valence-corrected chi connectivity index (χ3v) is 3.32. The third kappa shape index (κ3) is 7.03. The largest absolute Gasteiger partial charge is 0.416 e. The molecule has 0 aromatic rings. The van der Waals surface area contributed by atoms with Gasteiger partial charge in [0.25, 0.3) is 0 Å². The van der Waals surface area contributed by atoms with Crippen LogP contribution in [-0.2, 0) is 9.53 Å². The Bertz CT molecular complexity index is 276. The van der Waals surface area contributed by atoms with Crippen molar-refractivity contribution in [2.45, 2.75) is 19.2 Å². The van der Waals surface area contributed by atoms with Crippen molar-refractivity contribution < 1.29 is 27.8 Å². The van der Waals surface area contributed by atoms with Crippen LogP contribution >= 0.6 is 11.8 Å². The fourth-order valence-corrected chi connectivity index (χ4v) is 2.08. The minimum atomic E-state index is -4.73. The van der Waals surface area contributed by atoms with Gasteiger partial charge in [0, 0.05) is 25.3 Å². The lowest BCUT2D eigenvalue weighted by molar-refractivity contribution is -0.208. The molecule has 1 amide bonds. The summed E-state index contributed by atoms with van der Waals surface area (Å²) in [5.74, 6) is -0.285. The summed E-state index contributed by atoms with van der Waals surface area (Å²) in [4.78, 5) is 13.0. The van der Waals surface area contributed by atoms with Gasteiger partial charge in [-0.2, -0.15) is 24.9 Å². The van der Waals surface area contributed by atoms with Gasteiger partial charge >= 0.3 is 6.18 Å². The maximum Gasteiger partial charge on any atom is 0.416 e. The SMILES string of the molecule is COCCN(CC(O)C(F)(F)F)C(=O)C(C)CSC. The molecule has 19 heavy (non-hydrogen) atoms. The number of aliphatic hydroxyl groups is 1. The Morgan fingerprint density at radius 1 is 1.47 bits per heavy atom. The summed E-state index contributed by atoms with van der Waals surface area (Å²) in [6, 6.07) is 0. The van der Waals surface area contributed by atoms with E-state index in [2.05, 4.69) is 0 Å². The maximum absolute atomic E-state index is 12.3. The zero-order valence-corrected chi connectivity index (χ0v) is 12.1. The van der Waals surface area contributed by atoms with Gasteiger partial charge in [0.05, 0.1) is 13.2 Å². The summed E-state index contributed by atoms with van der Waals surface area (Å²) >= 11 is 1.44. The Balaban J connectivity index is 4.66. The molecule has 0 aromatic carbocycles. The molecule has 0 aliphatic carbocycles. The molecule has 0 fully saturated rings. The number of alkyl halides is 3. The Hall–Kier alpha value is -0.470. The van der Waals surface area contributed by atoms with E-state index in [9.17, 15) is 18.0 Å². The second kappa shape index (κ2) is 8.65. The summed E-state index contributed by atoms with van der Waals surface area (Å²) in [5.41, 5.74) is 0. The molecule has 0 saturated heterocycles. The van der Waals surface area contributed by atoms with Crippen molar-refractivity contribution in [1.82, 2.24) is 4.90 Å². The van der Waals surface area contributed by atoms with E-state index in [1.165, 1.54) is 18.9 Å². The molecule has 8 heteroatoms. The van der Waals surface area contributed by atoms with Crippen LogP contribution in [0.15, 0.2) is 0 Å². The number of thioether (sulfide) groups is 1. The van der Waals surface area contributed by atoms with Crippen LogP contribution in [0.2, 0.25) is 0 Å². The normalized spacial score (nSPS) is 15.1. The highest BCUT2D eigenvalue weighted by molar-refractivity contribution is 7.98. The molecule has 0 aliphatic heterocycles. The standard InChI is InChI=1S/C11H20F3NO3S/c1-8(7-19-3)10(17)15(4-5-18-2)6-9(16)11(12,13)14/h8-9,16H,4-7H2,1-3H3. The number of amides is 1. The second-order valence-electron chi connectivity index (χ2n) is 4.19. The fraction of sp³-hybridized carbons (Fsp3) is 0.909. The monoisotopic (exact) mass is 303 g/mol. The Labute approximate surface area is 115 Å². The van der Waals surface area contributed by atoms with E-state index in [-0.39, 0.29) is 13.2 Å². The molecule has 1 N–H and O–H groups in total. The Morgan fingerprint density at radius 3 is 2.47 bits per heavy atom. The summed E-state index contributed by atoms with van der Waals surface area (Å²) in [7, 11) is 1.40. The molecule has 4 nitrogen and oxygen atoms in total. The minimum Gasteiger partial charge on any atom is -0.383 e. The van der Waals surface area contributed by atoms with Gasteiger partial charge in [-0.25, -0.2) is 0 Å². The zero-order valence-electron chi connectivity index (χ0n) is 11.2. The Kier molecular flexibility index (Phi) is 8.44. The number of rotatable bonds is 8. The van der Waals surface area contributed by atoms with Crippen LogP contribution in [0.3, 0.4) is 0 Å². The van der Waals surface area contributed by atoms with Crippen LogP contribution in [0.25, 0.3) is 0 Å². The average Bonchev–Trinajstić information content (AvgIpc) is 2.32. The second-order valence-corrected chi connectivity index (χ2v) is 5.10. The molecule has 0 radical (unpaired) electrons. The molecule has 0 aromatic heterocycles. The number of carbonyl (C=O) groups excluding carboxylic acids is 1. The number of nitrogens with zero attached hydrogens (tertiary/aromatic N) is 1. The molecular weight excluding hydrogens is 283 g/mol. The van der Waals surface area contributed by atoms with Crippen LogP contribution in [0.4, 0.5) is 13.2 Å². The zero-order chi connectivity index (χ0) is 15.1. The van der Waals surface area contributed by atoms with Crippen LogP contribution < -0.4 is 0 Å². The lowest BCUT2D eigenvalue weighted by atomic mass is 10.1. The number of ether oxygens (including phenoxy) is 1. The van der Waals surface area contributed by atoms with Gasteiger partial charge in [-0.15, -0.1) is 0 Å². The highest BCUT2D eigenvalue weighted by Crippen LogP contribution is 2.21. The summed E-state index contributed by atoms with van der Waals surface area (Å²) < 4.78 is 41.7. The highest BCUT2D eigenvalue weighted by Gasteiger charge is 2.40. The van der Waals surface area contributed by atoms with E-state index < -0.39 is 30.7 Å². The van der Waals surface area contributed by atoms with Crippen molar-refractivity contribution in [3.63, 3.8) is 0 Å². The lowest BCUT2D eigenvalue weighted by Crippen LogP contribution is -2.46. The minimum absolute atomic E-state index is 0.0290. The highest BCUT2D eigenvalue weighted by atomic mass is 32.2. The molecule has 2 unspecified atom stereocenters. The molecule has 0 spiro atoms. The van der Waals surface area contributed by atoms with E-state index >= 15 is 0 Å². The first-order valence-electron chi connectivity index (χ1n) is 5.75. The van der Waals surface area contributed by atoms with Gasteiger partial charge in [-0.05, 0) is 6.26 Å². The summed E-state index contributed by atoms with van der Waals surface area (Å²) in [6.07, 6.45) is -5.45.